The van der Waals surface area contributed by atoms with E-state index >= 15 is 0 Å². The summed E-state index contributed by atoms with van der Waals surface area (Å²) in [4.78, 5) is 26.4. The molecule has 1 N–H and O–H groups in total. The predicted molar refractivity (Wildman–Crippen MR) is 118 cm³/mol. The summed E-state index contributed by atoms with van der Waals surface area (Å²) < 4.78 is 36.9. The van der Waals surface area contributed by atoms with Crippen molar-refractivity contribution in [2.45, 2.75) is 6.92 Å². The lowest BCUT2D eigenvalue weighted by Gasteiger charge is -2.15. The molecule has 30 heavy (non-hydrogen) atoms. The van der Waals surface area contributed by atoms with Gasteiger partial charge >= 0.3 is 10.3 Å². The van der Waals surface area contributed by atoms with Crippen LogP contribution in [-0.2, 0) is 17.4 Å². The molecular weight excluding hydrogens is 404 g/mol. The lowest BCUT2D eigenvalue weighted by atomic mass is 10.0. The monoisotopic (exact) mass is 420 g/mol. The molecule has 0 unspecified atom stereocenters. The van der Waals surface area contributed by atoms with E-state index in [2.05, 4.69) is 0 Å². The first kappa shape index (κ1) is 18.5. The topological polar surface area (TPSA) is 98.4 Å². The van der Waals surface area contributed by atoms with Gasteiger partial charge in [-0.1, -0.05) is 23.8 Å². The smallest absolute Gasteiger partial charge is 0.343 e. The van der Waals surface area contributed by atoms with Crippen molar-refractivity contribution < 1.29 is 13.0 Å². The SMILES string of the molecule is Cc1ccc2c(c1)c(=O)c1cc3c(cc1n2C)c(=O)c1ccccc1n3S(=O)(=O)O. The Bertz CT molecular complexity index is 1780. The van der Waals surface area contributed by atoms with Gasteiger partial charge in [0.15, 0.2) is 10.9 Å². The molecule has 0 radical (unpaired) electrons. The number of para-hydroxylation sites is 1. The quantitative estimate of drug-likeness (QED) is 0.332. The largest absolute Gasteiger partial charge is 0.364 e. The summed E-state index contributed by atoms with van der Waals surface area (Å²) in [5.74, 6) is 0. The van der Waals surface area contributed by atoms with Crippen molar-refractivity contribution >= 4 is 53.9 Å². The van der Waals surface area contributed by atoms with E-state index in [4.69, 9.17) is 0 Å². The zero-order valence-corrected chi connectivity index (χ0v) is 16.9. The Hall–Kier alpha value is -3.49. The summed E-state index contributed by atoms with van der Waals surface area (Å²) in [5.41, 5.74) is 1.47. The molecule has 7 nitrogen and oxygen atoms in total. The molecule has 3 aromatic carbocycles. The molecule has 5 rings (SSSR count). The van der Waals surface area contributed by atoms with Gasteiger partial charge in [-0.05, 0) is 43.3 Å². The van der Waals surface area contributed by atoms with Crippen molar-refractivity contribution in [2.24, 2.45) is 7.05 Å². The van der Waals surface area contributed by atoms with Crippen molar-refractivity contribution in [3.63, 3.8) is 0 Å². The second-order valence-electron chi connectivity index (χ2n) is 7.38. The van der Waals surface area contributed by atoms with Gasteiger partial charge in [0, 0.05) is 28.6 Å². The van der Waals surface area contributed by atoms with Gasteiger partial charge < -0.3 is 4.57 Å². The zero-order valence-electron chi connectivity index (χ0n) is 16.1. The average molecular weight is 420 g/mol. The van der Waals surface area contributed by atoms with Gasteiger partial charge in [-0.3, -0.25) is 14.1 Å². The Kier molecular flexibility index (Phi) is 3.71. The minimum atomic E-state index is -4.74. The van der Waals surface area contributed by atoms with Crippen molar-refractivity contribution in [1.82, 2.24) is 8.54 Å². The van der Waals surface area contributed by atoms with Crippen LogP contribution in [0.1, 0.15) is 5.56 Å². The van der Waals surface area contributed by atoms with Gasteiger partial charge in [0.2, 0.25) is 0 Å². The molecule has 8 heteroatoms. The summed E-state index contributed by atoms with van der Waals surface area (Å²) in [6, 6.07) is 14.5. The first-order valence-corrected chi connectivity index (χ1v) is 10.6. The Balaban J connectivity index is 2.15. The number of pyridine rings is 2. The fourth-order valence-electron chi connectivity index (χ4n) is 4.15. The summed E-state index contributed by atoms with van der Waals surface area (Å²) in [6.45, 7) is 1.88. The first-order valence-electron chi connectivity index (χ1n) is 9.17. The molecule has 0 aliphatic rings. The van der Waals surface area contributed by atoms with Crippen LogP contribution in [0.2, 0.25) is 0 Å². The molecule has 0 fully saturated rings. The maximum Gasteiger partial charge on any atom is 0.364 e. The number of nitrogens with zero attached hydrogens (tertiary/aromatic N) is 2. The molecule has 0 bridgehead atoms. The van der Waals surface area contributed by atoms with E-state index in [0.29, 0.717) is 20.4 Å². The molecule has 2 heterocycles. The molecule has 0 amide bonds. The van der Waals surface area contributed by atoms with Crippen molar-refractivity contribution in [1.29, 1.82) is 0 Å². The maximum absolute atomic E-state index is 13.2. The van der Waals surface area contributed by atoms with Gasteiger partial charge in [0.25, 0.3) is 0 Å². The number of fused-ring (bicyclic) bond motifs is 4. The van der Waals surface area contributed by atoms with E-state index in [-0.39, 0.29) is 38.0 Å². The van der Waals surface area contributed by atoms with Crippen LogP contribution in [-0.4, -0.2) is 21.5 Å². The molecule has 2 aromatic heterocycles. The van der Waals surface area contributed by atoms with E-state index in [1.807, 2.05) is 19.1 Å². The first-order chi connectivity index (χ1) is 14.2. The molecule has 0 aliphatic carbocycles. The molecule has 0 spiro atoms. The Labute approximate surface area is 170 Å². The summed E-state index contributed by atoms with van der Waals surface area (Å²) in [6.07, 6.45) is 0. The van der Waals surface area contributed by atoms with E-state index in [1.54, 1.807) is 29.8 Å². The standard InChI is InChI=1S/C22H16N2O5S/c1-12-7-8-17-14(9-12)22(26)15-11-20-16(10-19(15)23(17)2)21(25)13-5-3-4-6-18(13)24(20)30(27,28)29/h3-11H,1-2H3,(H,27,28,29). The van der Waals surface area contributed by atoms with Crippen LogP contribution in [0.25, 0.3) is 43.6 Å². The van der Waals surface area contributed by atoms with Crippen LogP contribution in [0.3, 0.4) is 0 Å². The van der Waals surface area contributed by atoms with Crippen LogP contribution in [0.15, 0.2) is 64.2 Å². The summed E-state index contributed by atoms with van der Waals surface area (Å²) >= 11 is 0. The number of hydrogen-bond acceptors (Lipinski definition) is 4. The normalized spacial score (nSPS) is 12.4. The third-order valence-electron chi connectivity index (χ3n) is 5.54. The minimum Gasteiger partial charge on any atom is -0.343 e. The number of benzene rings is 3. The Morgan fingerprint density at radius 3 is 2.07 bits per heavy atom. The van der Waals surface area contributed by atoms with Gasteiger partial charge in [0.05, 0.1) is 22.1 Å². The van der Waals surface area contributed by atoms with Gasteiger partial charge in [-0.15, -0.1) is 0 Å². The number of rotatable bonds is 1. The third kappa shape index (κ3) is 2.44. The highest BCUT2D eigenvalue weighted by Crippen LogP contribution is 2.26. The number of aryl methyl sites for hydroxylation is 2. The Morgan fingerprint density at radius 2 is 1.33 bits per heavy atom. The van der Waals surface area contributed by atoms with Gasteiger partial charge in [-0.25, -0.2) is 3.97 Å². The highest BCUT2D eigenvalue weighted by atomic mass is 32.2. The van der Waals surface area contributed by atoms with Crippen LogP contribution in [0, 0.1) is 6.92 Å². The van der Waals surface area contributed by atoms with Crippen LogP contribution < -0.4 is 10.9 Å². The second-order valence-corrected chi connectivity index (χ2v) is 8.64. The van der Waals surface area contributed by atoms with Crippen molar-refractivity contribution in [3.05, 3.63) is 80.6 Å². The Morgan fingerprint density at radius 1 is 0.733 bits per heavy atom. The average Bonchev–Trinajstić information content (AvgIpc) is 2.70. The van der Waals surface area contributed by atoms with Gasteiger partial charge in [0.1, 0.15) is 0 Å². The third-order valence-corrected chi connectivity index (χ3v) is 6.39. The van der Waals surface area contributed by atoms with E-state index in [1.165, 1.54) is 24.3 Å². The highest BCUT2D eigenvalue weighted by Gasteiger charge is 2.20. The molecule has 150 valence electrons. The minimum absolute atomic E-state index is 0.0437. The summed E-state index contributed by atoms with van der Waals surface area (Å²) in [7, 11) is -2.96. The van der Waals surface area contributed by atoms with E-state index < -0.39 is 10.3 Å². The fraction of sp³-hybridized carbons (Fsp3) is 0.0909. The lowest BCUT2D eigenvalue weighted by molar-refractivity contribution is 0.476. The molecule has 0 saturated carbocycles. The molecule has 0 aliphatic heterocycles. The molecular formula is C22H16N2O5S. The lowest BCUT2D eigenvalue weighted by Crippen LogP contribution is -2.19. The number of hydrogen-bond donors (Lipinski definition) is 1. The second kappa shape index (κ2) is 6.01. The fourth-order valence-corrected chi connectivity index (χ4v) is 4.96. The van der Waals surface area contributed by atoms with Crippen molar-refractivity contribution in [2.75, 3.05) is 0 Å². The van der Waals surface area contributed by atoms with Crippen molar-refractivity contribution in [3.8, 4) is 0 Å². The van der Waals surface area contributed by atoms with Crippen LogP contribution >= 0.6 is 0 Å². The van der Waals surface area contributed by atoms with E-state index in [9.17, 15) is 22.6 Å². The number of aromatic nitrogens is 2. The van der Waals surface area contributed by atoms with Crippen LogP contribution in [0.4, 0.5) is 0 Å². The predicted octanol–water partition coefficient (Wildman–Crippen LogP) is 3.12. The zero-order chi connectivity index (χ0) is 21.4. The maximum atomic E-state index is 13.2. The molecule has 0 saturated heterocycles. The van der Waals surface area contributed by atoms with Gasteiger partial charge in [-0.2, -0.15) is 8.42 Å². The molecule has 0 atom stereocenters. The van der Waals surface area contributed by atoms with E-state index in [0.717, 1.165) is 5.56 Å². The molecule has 5 aromatic rings. The van der Waals surface area contributed by atoms with Crippen LogP contribution in [0.5, 0.6) is 0 Å². The summed E-state index contributed by atoms with van der Waals surface area (Å²) in [5, 5.41) is 1.00. The highest BCUT2D eigenvalue weighted by molar-refractivity contribution is 7.84.